The molecule has 0 saturated heterocycles. The fraction of sp³-hybridized carbons (Fsp3) is 0.154. The third-order valence-electron chi connectivity index (χ3n) is 2.52. The average molecular weight is 297 g/mol. The summed E-state index contributed by atoms with van der Waals surface area (Å²) in [5.41, 5.74) is -0.750. The van der Waals surface area contributed by atoms with Crippen LogP contribution in [0.25, 0.3) is 0 Å². The third kappa shape index (κ3) is 3.68. The van der Waals surface area contributed by atoms with Crippen LogP contribution in [0.5, 0.6) is 6.01 Å². The first-order chi connectivity index (χ1) is 9.90. The summed E-state index contributed by atoms with van der Waals surface area (Å²) in [5.74, 6) is -0.685. The van der Waals surface area contributed by atoms with Crippen LogP contribution in [0.4, 0.5) is 18.9 Å². The van der Waals surface area contributed by atoms with Gasteiger partial charge in [-0.05, 0) is 18.2 Å². The number of carbonyl (C=O) groups excluding carboxylic acids is 1. The number of anilines is 1. The molecule has 1 aromatic carbocycles. The van der Waals surface area contributed by atoms with E-state index in [1.807, 2.05) is 0 Å². The van der Waals surface area contributed by atoms with Crippen LogP contribution in [-0.2, 0) is 6.18 Å². The maximum Gasteiger partial charge on any atom is 0.416 e. The van der Waals surface area contributed by atoms with E-state index in [2.05, 4.69) is 15.3 Å². The molecule has 2 rings (SSSR count). The number of nitrogens with one attached hydrogen (secondary N) is 1. The molecule has 1 heterocycles. The molecule has 0 aliphatic carbocycles. The Morgan fingerprint density at radius 1 is 1.24 bits per heavy atom. The summed E-state index contributed by atoms with van der Waals surface area (Å²) in [6, 6.07) is 4.25. The maximum atomic E-state index is 12.6. The van der Waals surface area contributed by atoms with Crippen molar-refractivity contribution in [2.24, 2.45) is 0 Å². The smallest absolute Gasteiger partial charge is 0.416 e. The van der Waals surface area contributed by atoms with E-state index in [-0.39, 0.29) is 17.3 Å². The van der Waals surface area contributed by atoms with E-state index in [0.717, 1.165) is 12.1 Å². The van der Waals surface area contributed by atoms with Gasteiger partial charge in [-0.3, -0.25) is 4.79 Å². The van der Waals surface area contributed by atoms with Gasteiger partial charge >= 0.3 is 12.2 Å². The molecule has 0 radical (unpaired) electrons. The number of halogens is 3. The fourth-order valence-corrected chi connectivity index (χ4v) is 1.53. The van der Waals surface area contributed by atoms with Crippen LogP contribution in [-0.4, -0.2) is 23.0 Å². The summed E-state index contributed by atoms with van der Waals surface area (Å²) in [6.07, 6.45) is -1.92. The molecule has 0 aliphatic heterocycles. The molecule has 0 atom stereocenters. The molecule has 1 N–H and O–H groups in total. The normalized spacial score (nSPS) is 11.0. The average Bonchev–Trinajstić information content (AvgIpc) is 2.47. The zero-order chi connectivity index (χ0) is 15.5. The molecule has 0 spiro atoms. The van der Waals surface area contributed by atoms with Crippen molar-refractivity contribution in [2.45, 2.75) is 6.18 Å². The highest BCUT2D eigenvalue weighted by atomic mass is 19.4. The fourth-order valence-electron chi connectivity index (χ4n) is 1.53. The molecule has 1 aromatic heterocycles. The van der Waals surface area contributed by atoms with Crippen LogP contribution in [0, 0.1) is 0 Å². The van der Waals surface area contributed by atoms with Crippen molar-refractivity contribution in [1.82, 2.24) is 9.97 Å². The molecule has 0 aliphatic rings. The predicted molar refractivity (Wildman–Crippen MR) is 68.0 cm³/mol. The molecule has 0 bridgehead atoms. The number of benzene rings is 1. The first-order valence-corrected chi connectivity index (χ1v) is 5.75. The molecule has 0 saturated carbocycles. The number of carbonyl (C=O) groups is 1. The molecule has 21 heavy (non-hydrogen) atoms. The van der Waals surface area contributed by atoms with Gasteiger partial charge in [-0.15, -0.1) is 0 Å². The topological polar surface area (TPSA) is 64.1 Å². The van der Waals surface area contributed by atoms with Crippen molar-refractivity contribution >= 4 is 11.6 Å². The molecule has 110 valence electrons. The second-order valence-electron chi connectivity index (χ2n) is 3.99. The lowest BCUT2D eigenvalue weighted by Crippen LogP contribution is -2.14. The summed E-state index contributed by atoms with van der Waals surface area (Å²) < 4.78 is 42.5. The second kappa shape index (κ2) is 5.78. The van der Waals surface area contributed by atoms with Gasteiger partial charge in [0.05, 0.1) is 30.8 Å². The van der Waals surface area contributed by atoms with Crippen molar-refractivity contribution < 1.29 is 22.7 Å². The zero-order valence-corrected chi connectivity index (χ0v) is 10.8. The van der Waals surface area contributed by atoms with Crippen LogP contribution >= 0.6 is 0 Å². The number of aromatic nitrogens is 2. The molecule has 5 nitrogen and oxygen atoms in total. The summed E-state index contributed by atoms with van der Waals surface area (Å²) in [5, 5.41) is 2.40. The quantitative estimate of drug-likeness (QED) is 0.946. The number of methoxy groups -OCH3 is 1. The lowest BCUT2D eigenvalue weighted by atomic mass is 10.1. The Bertz CT molecular complexity index is 642. The van der Waals surface area contributed by atoms with Crippen LogP contribution in [0.3, 0.4) is 0 Å². The van der Waals surface area contributed by atoms with Gasteiger partial charge in [-0.1, -0.05) is 6.07 Å². The lowest BCUT2D eigenvalue weighted by molar-refractivity contribution is -0.137. The van der Waals surface area contributed by atoms with Crippen molar-refractivity contribution in [1.29, 1.82) is 0 Å². The Morgan fingerprint density at radius 2 is 1.90 bits per heavy atom. The number of ether oxygens (including phenoxy) is 1. The van der Waals surface area contributed by atoms with Gasteiger partial charge in [0.15, 0.2) is 0 Å². The van der Waals surface area contributed by atoms with E-state index in [9.17, 15) is 18.0 Å². The van der Waals surface area contributed by atoms with E-state index in [1.54, 1.807) is 0 Å². The van der Waals surface area contributed by atoms with Crippen molar-refractivity contribution in [3.05, 3.63) is 47.8 Å². The van der Waals surface area contributed by atoms with Crippen LogP contribution in [0.1, 0.15) is 15.9 Å². The number of hydrogen-bond acceptors (Lipinski definition) is 4. The zero-order valence-electron chi connectivity index (χ0n) is 10.8. The summed E-state index contributed by atoms with van der Waals surface area (Å²) in [6.45, 7) is 0. The highest BCUT2D eigenvalue weighted by Crippen LogP contribution is 2.29. The summed E-state index contributed by atoms with van der Waals surface area (Å²) >= 11 is 0. The van der Waals surface area contributed by atoms with E-state index in [0.29, 0.717) is 0 Å². The minimum Gasteiger partial charge on any atom is -0.467 e. The lowest BCUT2D eigenvalue weighted by Gasteiger charge is -2.09. The van der Waals surface area contributed by atoms with Gasteiger partial charge < -0.3 is 10.1 Å². The largest absolute Gasteiger partial charge is 0.467 e. The van der Waals surface area contributed by atoms with Crippen LogP contribution in [0.15, 0.2) is 36.7 Å². The third-order valence-corrected chi connectivity index (χ3v) is 2.52. The molecular formula is C13H10F3N3O2. The molecule has 0 fully saturated rings. The van der Waals surface area contributed by atoms with Crippen LogP contribution < -0.4 is 10.1 Å². The van der Waals surface area contributed by atoms with E-state index in [1.165, 1.54) is 31.6 Å². The minimum atomic E-state index is -4.50. The second-order valence-corrected chi connectivity index (χ2v) is 3.99. The Labute approximate surface area is 117 Å². The molecular weight excluding hydrogens is 287 g/mol. The molecule has 1 amide bonds. The van der Waals surface area contributed by atoms with Crippen molar-refractivity contribution in [3.63, 3.8) is 0 Å². The molecule has 2 aromatic rings. The molecule has 0 unspecified atom stereocenters. The highest BCUT2D eigenvalue weighted by molar-refractivity contribution is 6.04. The number of amides is 1. The summed E-state index contributed by atoms with van der Waals surface area (Å²) in [4.78, 5) is 19.4. The highest BCUT2D eigenvalue weighted by Gasteiger charge is 2.30. The first-order valence-electron chi connectivity index (χ1n) is 5.75. The first kappa shape index (κ1) is 14.8. The van der Waals surface area contributed by atoms with Gasteiger partial charge in [-0.2, -0.15) is 13.2 Å². The van der Waals surface area contributed by atoms with E-state index in [4.69, 9.17) is 4.74 Å². The Hall–Kier alpha value is -2.64. The van der Waals surface area contributed by atoms with Gasteiger partial charge in [0, 0.05) is 5.56 Å². The number of hydrogen-bond donors (Lipinski definition) is 1. The van der Waals surface area contributed by atoms with Crippen molar-refractivity contribution in [2.75, 3.05) is 12.4 Å². The molecule has 8 heteroatoms. The predicted octanol–water partition coefficient (Wildman–Crippen LogP) is 2.76. The monoisotopic (exact) mass is 297 g/mol. The van der Waals surface area contributed by atoms with Crippen molar-refractivity contribution in [3.8, 4) is 6.01 Å². The maximum absolute atomic E-state index is 12.6. The van der Waals surface area contributed by atoms with E-state index < -0.39 is 17.6 Å². The summed E-state index contributed by atoms with van der Waals surface area (Å²) in [7, 11) is 1.39. The SMILES string of the molecule is COc1ncc(NC(=O)c2cccc(C(F)(F)F)c2)cn1. The number of alkyl halides is 3. The van der Waals surface area contributed by atoms with Gasteiger partial charge in [0.1, 0.15) is 0 Å². The van der Waals surface area contributed by atoms with Gasteiger partial charge in [-0.25, -0.2) is 9.97 Å². The number of rotatable bonds is 3. The minimum absolute atomic E-state index is 0.111. The standard InChI is InChI=1S/C13H10F3N3O2/c1-21-12-17-6-10(7-18-12)19-11(20)8-3-2-4-9(5-8)13(14,15)16/h2-7H,1H3,(H,19,20). The number of nitrogens with zero attached hydrogens (tertiary/aromatic N) is 2. The van der Waals surface area contributed by atoms with Gasteiger partial charge in [0.25, 0.3) is 5.91 Å². The van der Waals surface area contributed by atoms with Gasteiger partial charge in [0.2, 0.25) is 0 Å². The Kier molecular flexibility index (Phi) is 4.06. The van der Waals surface area contributed by atoms with Crippen LogP contribution in [0.2, 0.25) is 0 Å². The Morgan fingerprint density at radius 3 is 2.48 bits per heavy atom. The van der Waals surface area contributed by atoms with E-state index >= 15 is 0 Å². The Balaban J connectivity index is 2.16.